The third-order valence-electron chi connectivity index (χ3n) is 2.76. The van der Waals surface area contributed by atoms with Gasteiger partial charge in [0.1, 0.15) is 0 Å². The Hall–Kier alpha value is -1.47. The van der Waals surface area contributed by atoms with Crippen LogP contribution in [-0.4, -0.2) is 48.8 Å². The predicted molar refractivity (Wildman–Crippen MR) is 81.5 cm³/mol. The van der Waals surface area contributed by atoms with Gasteiger partial charge in [0.15, 0.2) is 16.8 Å². The molecule has 2 aliphatic heterocycles. The number of hydrogen-bond acceptors (Lipinski definition) is 6. The second-order valence-electron chi connectivity index (χ2n) is 4.22. The predicted octanol–water partition coefficient (Wildman–Crippen LogP) is 1.46. The van der Waals surface area contributed by atoms with Crippen molar-refractivity contribution in [2.24, 2.45) is 20.0 Å². The van der Waals surface area contributed by atoms with Gasteiger partial charge in [-0.3, -0.25) is 4.99 Å². The number of ether oxygens (including phenoxy) is 1. The first-order valence-corrected chi connectivity index (χ1v) is 7.11. The minimum atomic E-state index is -1.01. The van der Waals surface area contributed by atoms with Crippen LogP contribution in [0.5, 0.6) is 0 Å². The first-order chi connectivity index (χ1) is 9.12. The van der Waals surface area contributed by atoms with Gasteiger partial charge in [-0.2, -0.15) is 0 Å². The average molecular weight is 279 g/mol. The van der Waals surface area contributed by atoms with Crippen LogP contribution in [0.2, 0.25) is 0 Å². The Morgan fingerprint density at radius 1 is 1.58 bits per heavy atom. The molecule has 19 heavy (non-hydrogen) atoms. The maximum absolute atomic E-state index is 5.50. The zero-order valence-electron chi connectivity index (χ0n) is 11.3. The average Bonchev–Trinajstić information content (AvgIpc) is 2.82. The highest BCUT2D eigenvalue weighted by Gasteiger charge is 2.47. The molecule has 0 aromatic heterocycles. The molecule has 0 spiro atoms. The van der Waals surface area contributed by atoms with E-state index >= 15 is 0 Å². The third kappa shape index (κ3) is 2.62. The van der Waals surface area contributed by atoms with E-state index in [-0.39, 0.29) is 0 Å². The van der Waals surface area contributed by atoms with E-state index in [0.29, 0.717) is 23.4 Å². The highest BCUT2D eigenvalue weighted by atomic mass is 32.2. The molecule has 2 aliphatic rings. The normalized spacial score (nSPS) is 26.8. The molecular formula is C12H17N5OS. The molecule has 0 aliphatic carbocycles. The van der Waals surface area contributed by atoms with E-state index in [9.17, 15) is 0 Å². The second kappa shape index (κ2) is 5.66. The molecule has 0 aromatic rings. The fourth-order valence-electron chi connectivity index (χ4n) is 1.73. The molecular weight excluding hydrogens is 262 g/mol. The van der Waals surface area contributed by atoms with Gasteiger partial charge >= 0.3 is 0 Å². The van der Waals surface area contributed by atoms with Crippen molar-refractivity contribution in [1.82, 2.24) is 5.32 Å². The highest BCUT2D eigenvalue weighted by molar-refractivity contribution is 8.13. The van der Waals surface area contributed by atoms with E-state index in [1.165, 1.54) is 11.8 Å². The standard InChI is InChI=1S/C12H17N5OS/c1-8(2)5-6-13-9-12(18-3)10(14-7-15-12)17-11(16-9)19-4/h7H,1,5-6H2,2-4H3,(H,13,14,15,16,17). The van der Waals surface area contributed by atoms with Gasteiger partial charge in [-0.15, -0.1) is 6.58 Å². The fourth-order valence-corrected chi connectivity index (χ4v) is 2.09. The lowest BCUT2D eigenvalue weighted by Crippen LogP contribution is -2.49. The number of thioether (sulfide) groups is 1. The van der Waals surface area contributed by atoms with Crippen LogP contribution in [0, 0.1) is 0 Å². The maximum atomic E-state index is 5.50. The molecule has 0 radical (unpaired) electrons. The van der Waals surface area contributed by atoms with E-state index in [4.69, 9.17) is 4.74 Å². The molecule has 0 saturated heterocycles. The van der Waals surface area contributed by atoms with E-state index in [2.05, 4.69) is 31.9 Å². The van der Waals surface area contributed by atoms with E-state index in [0.717, 1.165) is 12.0 Å². The Bertz CT molecular complexity index is 508. The van der Waals surface area contributed by atoms with Crippen molar-refractivity contribution in [1.29, 1.82) is 0 Å². The van der Waals surface area contributed by atoms with Gasteiger partial charge in [0, 0.05) is 13.7 Å². The molecule has 0 bridgehead atoms. The second-order valence-corrected chi connectivity index (χ2v) is 5.00. The SMILES string of the molecule is C=C(C)CCN=C1N=C(SC)N=C2NC=NC12OC. The summed E-state index contributed by atoms with van der Waals surface area (Å²) in [7, 11) is 1.58. The summed E-state index contributed by atoms with van der Waals surface area (Å²) < 4.78 is 5.50. The summed E-state index contributed by atoms with van der Waals surface area (Å²) in [6, 6.07) is 0. The van der Waals surface area contributed by atoms with Crippen LogP contribution in [0.25, 0.3) is 0 Å². The lowest BCUT2D eigenvalue weighted by atomic mass is 10.1. The van der Waals surface area contributed by atoms with Gasteiger partial charge in [0.25, 0.3) is 5.72 Å². The molecule has 2 heterocycles. The van der Waals surface area contributed by atoms with Crippen LogP contribution in [0.4, 0.5) is 0 Å². The number of rotatable bonds is 4. The summed E-state index contributed by atoms with van der Waals surface area (Å²) in [5.41, 5.74) is 0.0801. The van der Waals surface area contributed by atoms with Crippen LogP contribution in [0.1, 0.15) is 13.3 Å². The molecule has 1 atom stereocenters. The molecule has 1 N–H and O–H groups in total. The maximum Gasteiger partial charge on any atom is 0.280 e. The number of nitrogens with one attached hydrogen (secondary N) is 1. The Morgan fingerprint density at radius 2 is 2.37 bits per heavy atom. The van der Waals surface area contributed by atoms with Gasteiger partial charge in [-0.25, -0.2) is 15.0 Å². The van der Waals surface area contributed by atoms with E-state index in [1.807, 2.05) is 13.2 Å². The Balaban J connectivity index is 2.32. The van der Waals surface area contributed by atoms with Crippen molar-refractivity contribution in [3.63, 3.8) is 0 Å². The topological polar surface area (TPSA) is 70.7 Å². The fraction of sp³-hybridized carbons (Fsp3) is 0.500. The molecule has 2 rings (SSSR count). The number of fused-ring (bicyclic) bond motifs is 1. The molecule has 7 heteroatoms. The summed E-state index contributed by atoms with van der Waals surface area (Å²) in [6.07, 6.45) is 4.30. The Morgan fingerprint density at radius 3 is 3.00 bits per heavy atom. The van der Waals surface area contributed by atoms with Gasteiger partial charge in [-0.1, -0.05) is 17.3 Å². The van der Waals surface area contributed by atoms with Crippen molar-refractivity contribution in [3.8, 4) is 0 Å². The number of hydrogen-bond donors (Lipinski definition) is 1. The summed E-state index contributed by atoms with van der Waals surface area (Å²) in [5, 5.41) is 3.63. The van der Waals surface area contributed by atoms with Crippen LogP contribution < -0.4 is 5.32 Å². The molecule has 6 nitrogen and oxygen atoms in total. The van der Waals surface area contributed by atoms with Crippen molar-refractivity contribution in [2.75, 3.05) is 19.9 Å². The van der Waals surface area contributed by atoms with Crippen molar-refractivity contribution in [3.05, 3.63) is 12.2 Å². The van der Waals surface area contributed by atoms with Gasteiger partial charge in [-0.05, 0) is 19.6 Å². The van der Waals surface area contributed by atoms with Crippen LogP contribution in [0.15, 0.2) is 32.1 Å². The number of aliphatic imine (C=N–C) groups is 4. The largest absolute Gasteiger partial charge is 0.345 e. The molecule has 0 saturated carbocycles. The summed E-state index contributed by atoms with van der Waals surface area (Å²) in [4.78, 5) is 17.6. The Labute approximate surface area is 116 Å². The number of methoxy groups -OCH3 is 1. The third-order valence-corrected chi connectivity index (χ3v) is 3.31. The quantitative estimate of drug-likeness (QED) is 0.792. The summed E-state index contributed by atoms with van der Waals surface area (Å²) in [6.45, 7) is 6.46. The zero-order chi connectivity index (χ0) is 13.9. The molecule has 0 aromatic carbocycles. The Kier molecular flexibility index (Phi) is 4.16. The van der Waals surface area contributed by atoms with Crippen LogP contribution >= 0.6 is 11.8 Å². The number of amidine groups is 3. The molecule has 0 fully saturated rings. The lowest BCUT2D eigenvalue weighted by Gasteiger charge is -2.27. The minimum absolute atomic E-state index is 0.534. The highest BCUT2D eigenvalue weighted by Crippen LogP contribution is 2.25. The van der Waals surface area contributed by atoms with E-state index in [1.54, 1.807) is 13.4 Å². The first kappa shape index (κ1) is 14.0. The number of nitrogens with zero attached hydrogens (tertiary/aromatic N) is 4. The smallest absolute Gasteiger partial charge is 0.280 e. The van der Waals surface area contributed by atoms with Gasteiger partial charge in [0.05, 0.1) is 6.34 Å². The summed E-state index contributed by atoms with van der Waals surface area (Å²) in [5.74, 6) is 1.15. The van der Waals surface area contributed by atoms with Crippen molar-refractivity contribution in [2.45, 2.75) is 19.1 Å². The monoisotopic (exact) mass is 279 g/mol. The summed E-state index contributed by atoms with van der Waals surface area (Å²) >= 11 is 1.46. The van der Waals surface area contributed by atoms with Crippen LogP contribution in [0.3, 0.4) is 0 Å². The molecule has 102 valence electrons. The first-order valence-electron chi connectivity index (χ1n) is 5.89. The van der Waals surface area contributed by atoms with Gasteiger partial charge < -0.3 is 10.1 Å². The molecule has 0 amide bonds. The minimum Gasteiger partial charge on any atom is -0.345 e. The lowest BCUT2D eigenvalue weighted by molar-refractivity contribution is 0.116. The van der Waals surface area contributed by atoms with Gasteiger partial charge in [0.2, 0.25) is 0 Å². The van der Waals surface area contributed by atoms with Crippen molar-refractivity contribution < 1.29 is 4.74 Å². The molecule has 1 unspecified atom stereocenters. The van der Waals surface area contributed by atoms with Crippen LogP contribution in [-0.2, 0) is 4.74 Å². The zero-order valence-corrected chi connectivity index (χ0v) is 12.1. The van der Waals surface area contributed by atoms with E-state index < -0.39 is 5.72 Å². The van der Waals surface area contributed by atoms with Crippen molar-refractivity contribution >= 4 is 34.9 Å².